The summed E-state index contributed by atoms with van der Waals surface area (Å²) in [4.78, 5) is 22.6. The minimum Gasteiger partial charge on any atom is -0.481 e. The molecule has 8 heteroatoms. The van der Waals surface area contributed by atoms with Crippen LogP contribution in [0.1, 0.15) is 31.9 Å². The summed E-state index contributed by atoms with van der Waals surface area (Å²) in [6.45, 7) is 6.72. The van der Waals surface area contributed by atoms with Gasteiger partial charge in [0, 0.05) is 5.69 Å². The van der Waals surface area contributed by atoms with Crippen molar-refractivity contribution in [3.63, 3.8) is 0 Å². The molecular formula is C14H20BNO6. The Labute approximate surface area is 129 Å². The monoisotopic (exact) mass is 309 g/mol. The molecule has 22 heavy (non-hydrogen) atoms. The van der Waals surface area contributed by atoms with Gasteiger partial charge in [-0.25, -0.2) is 4.79 Å². The summed E-state index contributed by atoms with van der Waals surface area (Å²) < 4.78 is 5.13. The van der Waals surface area contributed by atoms with E-state index in [4.69, 9.17) is 9.84 Å². The minimum absolute atomic E-state index is 0.129. The van der Waals surface area contributed by atoms with Gasteiger partial charge in [0.1, 0.15) is 5.60 Å². The predicted molar refractivity (Wildman–Crippen MR) is 82.2 cm³/mol. The summed E-state index contributed by atoms with van der Waals surface area (Å²) in [6.07, 6.45) is -1.01. The van der Waals surface area contributed by atoms with Crippen LogP contribution in [0.5, 0.6) is 0 Å². The molecule has 7 nitrogen and oxygen atoms in total. The minimum atomic E-state index is -1.77. The number of nitrogens with one attached hydrogen (secondary N) is 1. The summed E-state index contributed by atoms with van der Waals surface area (Å²) >= 11 is 0. The number of anilines is 1. The van der Waals surface area contributed by atoms with E-state index in [-0.39, 0.29) is 17.6 Å². The lowest BCUT2D eigenvalue weighted by molar-refractivity contribution is -0.136. The van der Waals surface area contributed by atoms with Gasteiger partial charge in [0.25, 0.3) is 0 Å². The molecule has 1 rings (SSSR count). The Bertz CT molecular complexity index is 579. The molecule has 4 N–H and O–H groups in total. The van der Waals surface area contributed by atoms with E-state index in [1.807, 2.05) is 0 Å². The standard InChI is InChI=1S/C14H20BNO6/c1-8-10(15(20)21)5-9(7-12(17)18)6-11(8)16-13(19)22-14(2,3)4/h5-6,20-21H,7H2,1-4H3,(H,16,19)(H,17,18). The van der Waals surface area contributed by atoms with E-state index < -0.39 is 24.8 Å². The molecule has 1 amide bonds. The topological polar surface area (TPSA) is 116 Å². The number of aliphatic carboxylic acids is 1. The van der Waals surface area contributed by atoms with Crippen LogP contribution in [-0.4, -0.2) is 39.9 Å². The van der Waals surface area contributed by atoms with Crippen LogP contribution in [-0.2, 0) is 16.0 Å². The first-order valence-corrected chi connectivity index (χ1v) is 6.71. The van der Waals surface area contributed by atoms with Gasteiger partial charge in [-0.3, -0.25) is 10.1 Å². The van der Waals surface area contributed by atoms with E-state index in [2.05, 4.69) is 5.32 Å². The Hall–Kier alpha value is -2.06. The molecule has 0 aliphatic carbocycles. The second-order valence-corrected chi connectivity index (χ2v) is 5.93. The second kappa shape index (κ2) is 6.80. The van der Waals surface area contributed by atoms with Gasteiger partial charge in [-0.1, -0.05) is 6.07 Å². The molecule has 1 aromatic rings. The molecule has 0 atom stereocenters. The fourth-order valence-electron chi connectivity index (χ4n) is 1.89. The number of benzene rings is 1. The van der Waals surface area contributed by atoms with E-state index in [1.54, 1.807) is 27.7 Å². The number of carbonyl (C=O) groups is 2. The smallest absolute Gasteiger partial charge is 0.481 e. The third-order valence-electron chi connectivity index (χ3n) is 2.78. The van der Waals surface area contributed by atoms with Crippen LogP contribution in [0, 0.1) is 6.92 Å². The van der Waals surface area contributed by atoms with E-state index in [9.17, 15) is 19.6 Å². The maximum atomic E-state index is 11.8. The second-order valence-electron chi connectivity index (χ2n) is 5.93. The van der Waals surface area contributed by atoms with Crippen LogP contribution >= 0.6 is 0 Å². The first kappa shape index (κ1) is 18.0. The molecule has 0 saturated heterocycles. The van der Waals surface area contributed by atoms with Crippen molar-refractivity contribution in [1.29, 1.82) is 0 Å². The summed E-state index contributed by atoms with van der Waals surface area (Å²) in [7, 11) is -1.77. The lowest BCUT2D eigenvalue weighted by Crippen LogP contribution is -2.34. The normalized spacial score (nSPS) is 11.0. The van der Waals surface area contributed by atoms with Crippen LogP contribution in [0.4, 0.5) is 10.5 Å². The number of hydrogen-bond donors (Lipinski definition) is 4. The van der Waals surface area contributed by atoms with Crippen molar-refractivity contribution < 1.29 is 29.5 Å². The predicted octanol–water partition coefficient (Wildman–Crippen LogP) is 0.649. The molecule has 1 aromatic carbocycles. The fourth-order valence-corrected chi connectivity index (χ4v) is 1.89. The van der Waals surface area contributed by atoms with Crippen LogP contribution in [0.3, 0.4) is 0 Å². The molecule has 0 radical (unpaired) electrons. The van der Waals surface area contributed by atoms with Gasteiger partial charge in [0.05, 0.1) is 6.42 Å². The molecule has 120 valence electrons. The number of amides is 1. The molecule has 0 heterocycles. The van der Waals surface area contributed by atoms with Gasteiger partial charge < -0.3 is 19.9 Å². The van der Waals surface area contributed by atoms with E-state index in [0.29, 0.717) is 11.1 Å². The van der Waals surface area contributed by atoms with Crippen molar-refractivity contribution in [2.45, 2.75) is 39.7 Å². The van der Waals surface area contributed by atoms with Gasteiger partial charge in [-0.2, -0.15) is 0 Å². The molecule has 0 aliphatic heterocycles. The van der Waals surface area contributed by atoms with Gasteiger partial charge in [0.2, 0.25) is 0 Å². The number of carbonyl (C=O) groups excluding carboxylic acids is 1. The van der Waals surface area contributed by atoms with Crippen LogP contribution in [0.15, 0.2) is 12.1 Å². The number of hydrogen-bond acceptors (Lipinski definition) is 5. The summed E-state index contributed by atoms with van der Waals surface area (Å²) in [5, 5.41) is 30.1. The zero-order valence-corrected chi connectivity index (χ0v) is 13.0. The van der Waals surface area contributed by atoms with Crippen LogP contribution in [0.2, 0.25) is 0 Å². The molecule has 0 fully saturated rings. The van der Waals surface area contributed by atoms with Crippen molar-refractivity contribution in [2.24, 2.45) is 0 Å². The molecule has 0 aliphatic rings. The highest BCUT2D eigenvalue weighted by Crippen LogP contribution is 2.18. The zero-order chi connectivity index (χ0) is 17.1. The van der Waals surface area contributed by atoms with Crippen molar-refractivity contribution >= 4 is 30.3 Å². The molecule has 0 aromatic heterocycles. The van der Waals surface area contributed by atoms with Crippen molar-refractivity contribution in [2.75, 3.05) is 5.32 Å². The van der Waals surface area contributed by atoms with Gasteiger partial charge in [0.15, 0.2) is 0 Å². The largest absolute Gasteiger partial charge is 0.488 e. The Morgan fingerprint density at radius 3 is 2.32 bits per heavy atom. The van der Waals surface area contributed by atoms with Crippen molar-refractivity contribution in [3.05, 3.63) is 23.3 Å². The van der Waals surface area contributed by atoms with Gasteiger partial charge in [-0.05, 0) is 50.4 Å². The highest BCUT2D eigenvalue weighted by molar-refractivity contribution is 6.59. The first-order chi connectivity index (χ1) is 9.99. The molecule has 0 spiro atoms. The fraction of sp³-hybridized carbons (Fsp3) is 0.429. The Balaban J connectivity index is 3.13. The maximum absolute atomic E-state index is 11.8. The number of rotatable bonds is 4. The number of carboxylic acid groups (broad SMARTS) is 1. The number of ether oxygens (including phenoxy) is 1. The molecule has 0 saturated carbocycles. The maximum Gasteiger partial charge on any atom is 0.488 e. The number of carboxylic acids is 1. The average Bonchev–Trinajstić information content (AvgIpc) is 2.29. The molecular weight excluding hydrogens is 289 g/mol. The summed E-state index contributed by atoms with van der Waals surface area (Å²) in [6, 6.07) is 2.85. The van der Waals surface area contributed by atoms with Gasteiger partial charge in [-0.15, -0.1) is 0 Å². The van der Waals surface area contributed by atoms with Crippen LogP contribution < -0.4 is 10.8 Å². The molecule has 0 bridgehead atoms. The van der Waals surface area contributed by atoms with E-state index >= 15 is 0 Å². The Morgan fingerprint density at radius 1 is 1.27 bits per heavy atom. The quantitative estimate of drug-likeness (QED) is 0.607. The van der Waals surface area contributed by atoms with Gasteiger partial charge >= 0.3 is 19.2 Å². The van der Waals surface area contributed by atoms with E-state index in [1.165, 1.54) is 12.1 Å². The highest BCUT2D eigenvalue weighted by atomic mass is 16.6. The van der Waals surface area contributed by atoms with E-state index in [0.717, 1.165) is 0 Å². The van der Waals surface area contributed by atoms with Crippen molar-refractivity contribution in [3.8, 4) is 0 Å². The summed E-state index contributed by atoms with van der Waals surface area (Å²) in [5.74, 6) is -1.06. The lowest BCUT2D eigenvalue weighted by Gasteiger charge is -2.21. The highest BCUT2D eigenvalue weighted by Gasteiger charge is 2.21. The summed E-state index contributed by atoms with van der Waals surface area (Å²) in [5.41, 5.74) is 0.485. The van der Waals surface area contributed by atoms with Crippen LogP contribution in [0.25, 0.3) is 0 Å². The SMILES string of the molecule is Cc1c(NC(=O)OC(C)(C)C)cc(CC(=O)O)cc1B(O)O. The Morgan fingerprint density at radius 2 is 1.86 bits per heavy atom. The third-order valence-corrected chi connectivity index (χ3v) is 2.78. The zero-order valence-electron chi connectivity index (χ0n) is 13.0. The van der Waals surface area contributed by atoms with Crippen molar-refractivity contribution in [1.82, 2.24) is 0 Å². The molecule has 0 unspecified atom stereocenters. The lowest BCUT2D eigenvalue weighted by atomic mass is 9.75. The Kier molecular flexibility index (Phi) is 5.56. The third kappa shape index (κ3) is 5.38. The average molecular weight is 309 g/mol. The first-order valence-electron chi connectivity index (χ1n) is 6.71.